The summed E-state index contributed by atoms with van der Waals surface area (Å²) in [5.74, 6) is 1.61. The van der Waals surface area contributed by atoms with Crippen molar-refractivity contribution in [3.63, 3.8) is 0 Å². The first-order valence-corrected chi connectivity index (χ1v) is 7.38. The van der Waals surface area contributed by atoms with Crippen LogP contribution in [0, 0.1) is 5.92 Å². The topological polar surface area (TPSA) is 38.5 Å². The predicted octanol–water partition coefficient (Wildman–Crippen LogP) is 2.64. The Bertz CT molecular complexity index is 375. The summed E-state index contributed by atoms with van der Waals surface area (Å²) in [7, 11) is 0. The van der Waals surface area contributed by atoms with Crippen molar-refractivity contribution < 1.29 is 4.74 Å². The molecule has 1 aliphatic heterocycles. The second-order valence-corrected chi connectivity index (χ2v) is 5.57. The number of piperidine rings is 1. The van der Waals surface area contributed by atoms with Gasteiger partial charge in [0.05, 0.1) is 6.61 Å². The number of hydrogen-bond donors (Lipinski definition) is 1. The quantitative estimate of drug-likeness (QED) is 0.886. The number of ether oxygens (including phenoxy) is 1. The zero-order chi connectivity index (χ0) is 13.7. The van der Waals surface area contributed by atoms with E-state index < -0.39 is 0 Å². The summed E-state index contributed by atoms with van der Waals surface area (Å²) in [6.45, 7) is 8.21. The van der Waals surface area contributed by atoms with Crippen LogP contribution in [-0.2, 0) is 6.54 Å². The van der Waals surface area contributed by atoms with E-state index in [4.69, 9.17) is 10.5 Å². The van der Waals surface area contributed by atoms with Gasteiger partial charge in [0.1, 0.15) is 5.75 Å². The van der Waals surface area contributed by atoms with Crippen molar-refractivity contribution in [3.05, 3.63) is 29.8 Å². The van der Waals surface area contributed by atoms with Crippen LogP contribution in [0.2, 0.25) is 0 Å². The molecule has 19 heavy (non-hydrogen) atoms. The van der Waals surface area contributed by atoms with Crippen LogP contribution in [0.1, 0.15) is 32.3 Å². The van der Waals surface area contributed by atoms with Gasteiger partial charge in [0.15, 0.2) is 0 Å². The first-order valence-electron chi connectivity index (χ1n) is 7.38. The third-order valence-corrected chi connectivity index (χ3v) is 3.93. The van der Waals surface area contributed by atoms with E-state index in [9.17, 15) is 0 Å². The average Bonchev–Trinajstić information content (AvgIpc) is 2.42. The molecule has 1 aromatic rings. The van der Waals surface area contributed by atoms with Crippen LogP contribution in [0.3, 0.4) is 0 Å². The van der Waals surface area contributed by atoms with Crippen molar-refractivity contribution in [1.82, 2.24) is 4.90 Å². The fraction of sp³-hybridized carbons (Fsp3) is 0.625. The van der Waals surface area contributed by atoms with Gasteiger partial charge in [-0.05, 0) is 56.8 Å². The highest BCUT2D eigenvalue weighted by Crippen LogP contribution is 2.21. The predicted molar refractivity (Wildman–Crippen MR) is 79.3 cm³/mol. The minimum atomic E-state index is 0.308. The van der Waals surface area contributed by atoms with Crippen LogP contribution in [0.15, 0.2) is 24.3 Å². The molecule has 0 aromatic heterocycles. The minimum absolute atomic E-state index is 0.308. The highest BCUT2D eigenvalue weighted by Gasteiger charge is 2.22. The minimum Gasteiger partial charge on any atom is -0.494 e. The standard InChI is InChI=1S/C16H26N2O/c1-3-19-16-8-6-14(7-9-16)11-18-10-4-5-15(12-18)13(2)17/h6-9,13,15H,3-5,10-12,17H2,1-2H3. The lowest BCUT2D eigenvalue weighted by Gasteiger charge is -2.34. The summed E-state index contributed by atoms with van der Waals surface area (Å²) in [4.78, 5) is 2.52. The maximum atomic E-state index is 6.03. The zero-order valence-electron chi connectivity index (χ0n) is 12.1. The Labute approximate surface area is 116 Å². The van der Waals surface area contributed by atoms with E-state index in [1.165, 1.54) is 24.9 Å². The summed E-state index contributed by atoms with van der Waals surface area (Å²) in [6.07, 6.45) is 2.54. The molecule has 1 aromatic carbocycles. The average molecular weight is 262 g/mol. The largest absolute Gasteiger partial charge is 0.494 e. The normalized spacial score (nSPS) is 22.2. The van der Waals surface area contributed by atoms with Gasteiger partial charge in [0.2, 0.25) is 0 Å². The second kappa shape index (κ2) is 6.92. The fourth-order valence-electron chi connectivity index (χ4n) is 2.78. The molecule has 1 aliphatic rings. The van der Waals surface area contributed by atoms with Crippen molar-refractivity contribution in [2.75, 3.05) is 19.7 Å². The van der Waals surface area contributed by atoms with Gasteiger partial charge in [-0.15, -0.1) is 0 Å². The lowest BCUT2D eigenvalue weighted by Crippen LogP contribution is -2.41. The van der Waals surface area contributed by atoms with Gasteiger partial charge in [0, 0.05) is 19.1 Å². The molecule has 3 nitrogen and oxygen atoms in total. The third-order valence-electron chi connectivity index (χ3n) is 3.93. The SMILES string of the molecule is CCOc1ccc(CN2CCCC(C(C)N)C2)cc1. The molecule has 0 saturated carbocycles. The zero-order valence-corrected chi connectivity index (χ0v) is 12.1. The van der Waals surface area contributed by atoms with Crippen molar-refractivity contribution in [2.45, 2.75) is 39.3 Å². The molecule has 0 amide bonds. The molecule has 2 unspecified atom stereocenters. The Morgan fingerprint density at radius 3 is 2.74 bits per heavy atom. The van der Waals surface area contributed by atoms with E-state index in [1.54, 1.807) is 0 Å². The van der Waals surface area contributed by atoms with Gasteiger partial charge in [-0.3, -0.25) is 4.90 Å². The molecule has 1 fully saturated rings. The molecule has 2 rings (SSSR count). The Morgan fingerprint density at radius 2 is 2.11 bits per heavy atom. The molecule has 0 spiro atoms. The fourth-order valence-corrected chi connectivity index (χ4v) is 2.78. The van der Waals surface area contributed by atoms with E-state index in [1.807, 2.05) is 6.92 Å². The maximum Gasteiger partial charge on any atom is 0.119 e. The van der Waals surface area contributed by atoms with Gasteiger partial charge in [-0.1, -0.05) is 12.1 Å². The number of hydrogen-bond acceptors (Lipinski definition) is 3. The van der Waals surface area contributed by atoms with Crippen molar-refractivity contribution in [1.29, 1.82) is 0 Å². The molecule has 0 radical (unpaired) electrons. The van der Waals surface area contributed by atoms with E-state index >= 15 is 0 Å². The number of nitrogens with zero attached hydrogens (tertiary/aromatic N) is 1. The Balaban J connectivity index is 1.89. The van der Waals surface area contributed by atoms with Gasteiger partial charge >= 0.3 is 0 Å². The lowest BCUT2D eigenvalue weighted by molar-refractivity contribution is 0.154. The Morgan fingerprint density at radius 1 is 1.37 bits per heavy atom. The van der Waals surface area contributed by atoms with Crippen LogP contribution in [0.5, 0.6) is 5.75 Å². The molecule has 1 heterocycles. The van der Waals surface area contributed by atoms with E-state index in [-0.39, 0.29) is 0 Å². The highest BCUT2D eigenvalue weighted by atomic mass is 16.5. The van der Waals surface area contributed by atoms with Gasteiger partial charge in [-0.25, -0.2) is 0 Å². The van der Waals surface area contributed by atoms with Crippen molar-refractivity contribution in [2.24, 2.45) is 11.7 Å². The molecule has 0 aliphatic carbocycles. The van der Waals surface area contributed by atoms with Gasteiger partial charge in [-0.2, -0.15) is 0 Å². The first kappa shape index (κ1) is 14.4. The van der Waals surface area contributed by atoms with Crippen LogP contribution in [0.4, 0.5) is 0 Å². The van der Waals surface area contributed by atoms with Crippen LogP contribution in [0.25, 0.3) is 0 Å². The van der Waals surface area contributed by atoms with E-state index in [0.717, 1.165) is 25.4 Å². The number of benzene rings is 1. The van der Waals surface area contributed by atoms with Crippen LogP contribution < -0.4 is 10.5 Å². The number of likely N-dealkylation sites (tertiary alicyclic amines) is 1. The smallest absolute Gasteiger partial charge is 0.119 e. The van der Waals surface area contributed by atoms with Gasteiger partial charge < -0.3 is 10.5 Å². The van der Waals surface area contributed by atoms with E-state index in [0.29, 0.717) is 12.0 Å². The second-order valence-electron chi connectivity index (χ2n) is 5.57. The highest BCUT2D eigenvalue weighted by molar-refractivity contribution is 5.27. The summed E-state index contributed by atoms with van der Waals surface area (Å²) in [5.41, 5.74) is 7.39. The molecule has 2 N–H and O–H groups in total. The van der Waals surface area contributed by atoms with Crippen LogP contribution in [-0.4, -0.2) is 30.6 Å². The molecule has 3 heteroatoms. The van der Waals surface area contributed by atoms with E-state index in [2.05, 4.69) is 36.1 Å². The van der Waals surface area contributed by atoms with Crippen molar-refractivity contribution in [3.8, 4) is 5.75 Å². The summed E-state index contributed by atoms with van der Waals surface area (Å²) in [6, 6.07) is 8.77. The molecule has 1 saturated heterocycles. The van der Waals surface area contributed by atoms with Crippen molar-refractivity contribution >= 4 is 0 Å². The summed E-state index contributed by atoms with van der Waals surface area (Å²) < 4.78 is 5.47. The Kier molecular flexibility index (Phi) is 5.23. The number of nitrogens with two attached hydrogens (primary N) is 1. The maximum absolute atomic E-state index is 6.03. The molecule has 106 valence electrons. The third kappa shape index (κ3) is 4.22. The lowest BCUT2D eigenvalue weighted by atomic mass is 9.92. The molecular formula is C16H26N2O. The monoisotopic (exact) mass is 262 g/mol. The first-order chi connectivity index (χ1) is 9.19. The van der Waals surface area contributed by atoms with Crippen LogP contribution >= 0.6 is 0 Å². The molecule has 0 bridgehead atoms. The molecule has 2 atom stereocenters. The Hall–Kier alpha value is -1.06. The molecular weight excluding hydrogens is 236 g/mol. The summed E-state index contributed by atoms with van der Waals surface area (Å²) in [5, 5.41) is 0. The number of rotatable bonds is 5. The van der Waals surface area contributed by atoms with Gasteiger partial charge in [0.25, 0.3) is 0 Å². The summed E-state index contributed by atoms with van der Waals surface area (Å²) >= 11 is 0.